The van der Waals surface area contributed by atoms with E-state index in [4.69, 9.17) is 10.2 Å². The van der Waals surface area contributed by atoms with Crippen LogP contribution in [0.25, 0.3) is 0 Å². The van der Waals surface area contributed by atoms with E-state index in [1.807, 2.05) is 4.72 Å². The van der Waals surface area contributed by atoms with Gasteiger partial charge in [-0.05, 0) is 18.6 Å². The molecular formula is C6H8N2O4S2. The van der Waals surface area contributed by atoms with Crippen LogP contribution in [0.3, 0.4) is 0 Å². The highest BCUT2D eigenvalue weighted by molar-refractivity contribution is 7.90. The maximum absolute atomic E-state index is 10.6. The summed E-state index contributed by atoms with van der Waals surface area (Å²) in [6.07, 6.45) is 0. The van der Waals surface area contributed by atoms with Crippen molar-refractivity contribution in [3.63, 3.8) is 0 Å². The second-order valence-corrected chi connectivity index (χ2v) is 4.92. The first-order chi connectivity index (χ1) is 6.29. The van der Waals surface area contributed by atoms with Crippen molar-refractivity contribution in [2.24, 2.45) is 5.14 Å². The molecule has 0 saturated carbocycles. The lowest BCUT2D eigenvalue weighted by Crippen LogP contribution is -2.20. The van der Waals surface area contributed by atoms with E-state index in [1.54, 1.807) is 6.92 Å². The summed E-state index contributed by atoms with van der Waals surface area (Å²) >= 11 is 0.825. The van der Waals surface area contributed by atoms with E-state index in [1.165, 1.54) is 6.07 Å². The minimum absolute atomic E-state index is 0.0937. The molecular weight excluding hydrogens is 228 g/mol. The van der Waals surface area contributed by atoms with Gasteiger partial charge in [-0.1, -0.05) is 0 Å². The Hall–Kier alpha value is -1.12. The maximum Gasteiger partial charge on any atom is 0.346 e. The van der Waals surface area contributed by atoms with Gasteiger partial charge in [0.2, 0.25) is 0 Å². The molecule has 0 aliphatic carbocycles. The van der Waals surface area contributed by atoms with Crippen molar-refractivity contribution in [3.8, 4) is 0 Å². The van der Waals surface area contributed by atoms with Gasteiger partial charge in [-0.3, -0.25) is 4.72 Å². The normalized spacial score (nSPS) is 11.3. The van der Waals surface area contributed by atoms with E-state index < -0.39 is 16.2 Å². The third-order valence-electron chi connectivity index (χ3n) is 1.35. The van der Waals surface area contributed by atoms with Crippen LogP contribution in [-0.4, -0.2) is 19.5 Å². The Morgan fingerprint density at radius 2 is 2.21 bits per heavy atom. The van der Waals surface area contributed by atoms with Crippen LogP contribution < -0.4 is 9.86 Å². The molecule has 1 aromatic rings. The molecule has 0 spiro atoms. The molecule has 0 radical (unpaired) electrons. The van der Waals surface area contributed by atoms with Crippen LogP contribution in [0.1, 0.15) is 15.2 Å². The molecule has 14 heavy (non-hydrogen) atoms. The van der Waals surface area contributed by atoms with Gasteiger partial charge in [0.1, 0.15) is 9.88 Å². The minimum Gasteiger partial charge on any atom is -0.477 e. The minimum atomic E-state index is -3.84. The number of aryl methyl sites for hydroxylation is 1. The van der Waals surface area contributed by atoms with E-state index in [2.05, 4.69) is 0 Å². The second-order valence-electron chi connectivity index (χ2n) is 2.58. The van der Waals surface area contributed by atoms with Crippen molar-refractivity contribution >= 4 is 32.5 Å². The molecule has 0 aliphatic rings. The fraction of sp³-hybridized carbons (Fsp3) is 0.167. The molecule has 1 heterocycles. The van der Waals surface area contributed by atoms with Crippen LogP contribution in [0.15, 0.2) is 6.07 Å². The zero-order chi connectivity index (χ0) is 10.9. The number of hydrogen-bond acceptors (Lipinski definition) is 4. The summed E-state index contributed by atoms with van der Waals surface area (Å²) in [4.78, 5) is 10.7. The SMILES string of the molecule is Cc1cc(NS(N)(=O)=O)sc1C(=O)O. The molecule has 1 aromatic heterocycles. The van der Waals surface area contributed by atoms with E-state index in [9.17, 15) is 13.2 Å². The zero-order valence-corrected chi connectivity index (χ0v) is 8.78. The summed E-state index contributed by atoms with van der Waals surface area (Å²) < 4.78 is 23.2. The second kappa shape index (κ2) is 3.56. The topological polar surface area (TPSA) is 109 Å². The summed E-state index contributed by atoms with van der Waals surface area (Å²) in [6, 6.07) is 1.42. The molecule has 0 bridgehead atoms. The molecule has 0 aliphatic heterocycles. The predicted octanol–water partition coefficient (Wildman–Crippen LogP) is 0.370. The molecule has 0 atom stereocenters. The van der Waals surface area contributed by atoms with Crippen LogP contribution in [-0.2, 0) is 10.2 Å². The average molecular weight is 236 g/mol. The van der Waals surface area contributed by atoms with Gasteiger partial charge in [0.15, 0.2) is 0 Å². The maximum atomic E-state index is 10.6. The molecule has 0 unspecified atom stereocenters. The number of carbonyl (C=O) groups is 1. The lowest BCUT2D eigenvalue weighted by atomic mass is 10.3. The number of hydrogen-bond donors (Lipinski definition) is 3. The lowest BCUT2D eigenvalue weighted by molar-refractivity contribution is 0.0701. The predicted molar refractivity (Wildman–Crippen MR) is 52.7 cm³/mol. The number of aromatic carboxylic acids is 1. The number of anilines is 1. The largest absolute Gasteiger partial charge is 0.477 e. The summed E-state index contributed by atoms with van der Waals surface area (Å²) in [5.41, 5.74) is 0.494. The van der Waals surface area contributed by atoms with Crippen molar-refractivity contribution < 1.29 is 18.3 Å². The Morgan fingerprint density at radius 3 is 2.57 bits per heavy atom. The van der Waals surface area contributed by atoms with Gasteiger partial charge in [-0.25, -0.2) is 9.93 Å². The Bertz CT molecular complexity index is 462. The zero-order valence-electron chi connectivity index (χ0n) is 7.14. The number of thiophene rings is 1. The smallest absolute Gasteiger partial charge is 0.346 e. The van der Waals surface area contributed by atoms with E-state index >= 15 is 0 Å². The Labute approximate surface area is 84.5 Å². The first-order valence-corrected chi connectivity index (χ1v) is 5.80. The van der Waals surface area contributed by atoms with Crippen molar-refractivity contribution in [1.29, 1.82) is 0 Å². The van der Waals surface area contributed by atoms with Crippen LogP contribution in [0.2, 0.25) is 0 Å². The van der Waals surface area contributed by atoms with Gasteiger partial charge < -0.3 is 5.11 Å². The van der Waals surface area contributed by atoms with Crippen LogP contribution in [0.5, 0.6) is 0 Å². The van der Waals surface area contributed by atoms with Crippen LogP contribution in [0, 0.1) is 6.92 Å². The van der Waals surface area contributed by atoms with E-state index in [0.29, 0.717) is 5.56 Å². The van der Waals surface area contributed by atoms with Gasteiger partial charge in [0.25, 0.3) is 10.2 Å². The molecule has 78 valence electrons. The van der Waals surface area contributed by atoms with Gasteiger partial charge in [0.05, 0.1) is 0 Å². The molecule has 1 rings (SSSR count). The molecule has 0 amide bonds. The number of carboxylic acid groups (broad SMARTS) is 1. The summed E-state index contributed by atoms with van der Waals surface area (Å²) in [6.45, 7) is 1.58. The quantitative estimate of drug-likeness (QED) is 0.704. The number of carboxylic acids is 1. The average Bonchev–Trinajstić information content (AvgIpc) is 2.26. The van der Waals surface area contributed by atoms with Crippen molar-refractivity contribution in [1.82, 2.24) is 0 Å². The van der Waals surface area contributed by atoms with Crippen molar-refractivity contribution in [3.05, 3.63) is 16.5 Å². The molecule has 0 fully saturated rings. The highest BCUT2D eigenvalue weighted by Crippen LogP contribution is 2.26. The van der Waals surface area contributed by atoms with Gasteiger partial charge >= 0.3 is 5.97 Å². The fourth-order valence-corrected chi connectivity index (χ4v) is 2.50. The molecule has 8 heteroatoms. The molecule has 0 aromatic carbocycles. The fourth-order valence-electron chi connectivity index (χ4n) is 0.885. The molecule has 0 saturated heterocycles. The van der Waals surface area contributed by atoms with Crippen LogP contribution in [0.4, 0.5) is 5.00 Å². The van der Waals surface area contributed by atoms with Crippen molar-refractivity contribution in [2.45, 2.75) is 6.92 Å². The number of nitrogens with one attached hydrogen (secondary N) is 1. The first-order valence-electron chi connectivity index (χ1n) is 3.44. The summed E-state index contributed by atoms with van der Waals surface area (Å²) in [5.74, 6) is -1.09. The standard InChI is InChI=1S/C6H8N2O4S2/c1-3-2-4(8-14(7,11)12)13-5(3)6(9)10/h2,8H,1H3,(H,9,10)(H2,7,11,12). The monoisotopic (exact) mass is 236 g/mol. The summed E-state index contributed by atoms with van der Waals surface area (Å²) in [7, 11) is -3.84. The highest BCUT2D eigenvalue weighted by atomic mass is 32.2. The van der Waals surface area contributed by atoms with Gasteiger partial charge in [-0.2, -0.15) is 8.42 Å². The number of rotatable bonds is 3. The Kier molecular flexibility index (Phi) is 2.79. The number of nitrogens with two attached hydrogens (primary N) is 1. The van der Waals surface area contributed by atoms with E-state index in [0.717, 1.165) is 11.3 Å². The first kappa shape index (κ1) is 11.0. The van der Waals surface area contributed by atoms with Crippen LogP contribution >= 0.6 is 11.3 Å². The Balaban J connectivity index is 3.04. The van der Waals surface area contributed by atoms with Crippen molar-refractivity contribution in [2.75, 3.05) is 4.72 Å². The molecule has 4 N–H and O–H groups in total. The third kappa shape index (κ3) is 2.69. The lowest BCUT2D eigenvalue weighted by Gasteiger charge is -1.96. The molecule has 6 nitrogen and oxygen atoms in total. The Morgan fingerprint density at radius 1 is 1.64 bits per heavy atom. The third-order valence-corrected chi connectivity index (χ3v) is 3.13. The summed E-state index contributed by atoms with van der Waals surface area (Å²) in [5, 5.41) is 13.6. The highest BCUT2D eigenvalue weighted by Gasteiger charge is 2.13. The van der Waals surface area contributed by atoms with E-state index in [-0.39, 0.29) is 9.88 Å². The van der Waals surface area contributed by atoms with Gasteiger partial charge in [-0.15, -0.1) is 11.3 Å². The van der Waals surface area contributed by atoms with Gasteiger partial charge in [0, 0.05) is 0 Å².